The van der Waals surface area contributed by atoms with Crippen molar-refractivity contribution in [3.05, 3.63) is 45.9 Å². The molecule has 0 unspecified atom stereocenters. The van der Waals surface area contributed by atoms with Crippen molar-refractivity contribution in [1.29, 1.82) is 0 Å². The van der Waals surface area contributed by atoms with Crippen LogP contribution in [0.25, 0.3) is 22.6 Å². The summed E-state index contributed by atoms with van der Waals surface area (Å²) in [6.07, 6.45) is 1.91. The Kier molecular flexibility index (Phi) is 4.46. The van der Waals surface area contributed by atoms with E-state index in [4.69, 9.17) is 9.15 Å². The fourth-order valence-corrected chi connectivity index (χ4v) is 3.30. The van der Waals surface area contributed by atoms with Gasteiger partial charge >= 0.3 is 5.97 Å². The Hall–Kier alpha value is -1.79. The zero-order valence-electron chi connectivity index (χ0n) is 12.8. The van der Waals surface area contributed by atoms with Gasteiger partial charge in [-0.2, -0.15) is 0 Å². The summed E-state index contributed by atoms with van der Waals surface area (Å²) in [5.41, 5.74) is 3.76. The number of hydrogen-bond acceptors (Lipinski definition) is 5. The van der Waals surface area contributed by atoms with Crippen molar-refractivity contribution in [3.8, 4) is 11.5 Å². The topological polar surface area (TPSA) is 52.3 Å². The minimum absolute atomic E-state index is 0.376. The number of carbonyl (C=O) groups is 1. The van der Waals surface area contributed by atoms with Crippen LogP contribution in [0.1, 0.15) is 15.9 Å². The van der Waals surface area contributed by atoms with Crippen LogP contribution < -0.4 is 0 Å². The quantitative estimate of drug-likeness (QED) is 0.460. The highest BCUT2D eigenvalue weighted by molar-refractivity contribution is 9.10. The summed E-state index contributed by atoms with van der Waals surface area (Å²) in [6.45, 7) is 2.00. The average molecular weight is 392 g/mol. The molecule has 3 rings (SSSR count). The number of benzene rings is 2. The molecule has 0 bridgehead atoms. The van der Waals surface area contributed by atoms with Crippen LogP contribution in [0.3, 0.4) is 0 Å². The molecule has 0 aliphatic carbocycles. The second kappa shape index (κ2) is 6.37. The number of nitrogens with zero attached hydrogens (tertiary/aromatic N) is 1. The number of hydrogen-bond donors (Lipinski definition) is 0. The van der Waals surface area contributed by atoms with E-state index in [1.165, 1.54) is 18.9 Å². The van der Waals surface area contributed by atoms with Crippen LogP contribution in [-0.2, 0) is 4.74 Å². The number of thioether (sulfide) groups is 1. The van der Waals surface area contributed by atoms with Gasteiger partial charge in [-0.15, -0.1) is 11.8 Å². The summed E-state index contributed by atoms with van der Waals surface area (Å²) in [5, 5.41) is 0. The highest BCUT2D eigenvalue weighted by Gasteiger charge is 2.17. The van der Waals surface area contributed by atoms with Crippen LogP contribution >= 0.6 is 27.7 Å². The number of fused-ring (bicyclic) bond motifs is 1. The molecule has 0 saturated heterocycles. The largest absolute Gasteiger partial charge is 0.465 e. The van der Waals surface area contributed by atoms with E-state index in [2.05, 4.69) is 20.9 Å². The molecule has 2 aromatic carbocycles. The second-order valence-corrected chi connectivity index (χ2v) is 6.65. The molecule has 0 amide bonds. The van der Waals surface area contributed by atoms with E-state index in [0.717, 1.165) is 20.5 Å². The zero-order chi connectivity index (χ0) is 16.6. The zero-order valence-corrected chi connectivity index (χ0v) is 15.2. The predicted octanol–water partition coefficient (Wildman–Crippen LogP) is 5.07. The van der Waals surface area contributed by atoms with Gasteiger partial charge in [0.2, 0.25) is 5.89 Å². The van der Waals surface area contributed by atoms with E-state index < -0.39 is 0 Å². The van der Waals surface area contributed by atoms with Gasteiger partial charge in [0.15, 0.2) is 5.58 Å². The minimum Gasteiger partial charge on any atom is -0.465 e. The maximum Gasteiger partial charge on any atom is 0.339 e. The van der Waals surface area contributed by atoms with Gasteiger partial charge in [0, 0.05) is 14.9 Å². The van der Waals surface area contributed by atoms with Crippen molar-refractivity contribution in [3.63, 3.8) is 0 Å². The molecule has 118 valence electrons. The molecule has 0 aliphatic rings. The molecule has 0 radical (unpaired) electrons. The lowest BCUT2D eigenvalue weighted by molar-refractivity contribution is 0.0597. The van der Waals surface area contributed by atoms with E-state index in [0.29, 0.717) is 22.6 Å². The van der Waals surface area contributed by atoms with Crippen molar-refractivity contribution >= 4 is 44.8 Å². The third kappa shape index (κ3) is 2.88. The fraction of sp³-hybridized carbons (Fsp3) is 0.176. The molecule has 1 aromatic heterocycles. The molecule has 6 heteroatoms. The third-order valence-electron chi connectivity index (χ3n) is 3.61. The molecule has 0 fully saturated rings. The molecule has 23 heavy (non-hydrogen) atoms. The Morgan fingerprint density at radius 1 is 1.35 bits per heavy atom. The molecule has 0 spiro atoms. The number of esters is 1. The van der Waals surface area contributed by atoms with Gasteiger partial charge < -0.3 is 9.15 Å². The highest BCUT2D eigenvalue weighted by atomic mass is 79.9. The molecule has 3 aromatic rings. The molecular formula is C17H14BrNO3S. The summed E-state index contributed by atoms with van der Waals surface area (Å²) >= 11 is 4.98. The fourth-order valence-electron chi connectivity index (χ4n) is 2.35. The molecule has 0 saturated carbocycles. The van der Waals surface area contributed by atoms with Crippen molar-refractivity contribution in [2.45, 2.75) is 11.8 Å². The van der Waals surface area contributed by atoms with E-state index >= 15 is 0 Å². The molecule has 4 nitrogen and oxygen atoms in total. The minimum atomic E-state index is -0.376. The van der Waals surface area contributed by atoms with E-state index in [1.807, 2.05) is 37.4 Å². The van der Waals surface area contributed by atoms with E-state index in [9.17, 15) is 4.79 Å². The number of oxazole rings is 1. The number of aromatic nitrogens is 1. The van der Waals surface area contributed by atoms with Gasteiger partial charge in [-0.05, 0) is 43.0 Å². The smallest absolute Gasteiger partial charge is 0.339 e. The Bertz CT molecular complexity index is 904. The standard InChI is InChI=1S/C17H14BrNO3S/c1-9-10(5-4-6-12(9)18)16-19-13-7-11(17(20)21-2)15(23-3)8-14(13)22-16/h4-8H,1-3H3. The molecule has 0 aliphatic heterocycles. The SMILES string of the molecule is COC(=O)c1cc2nc(-c3cccc(Br)c3C)oc2cc1SC. The van der Waals surface area contributed by atoms with Crippen LogP contribution in [0, 0.1) is 6.92 Å². The summed E-state index contributed by atoms with van der Waals surface area (Å²) < 4.78 is 11.7. The van der Waals surface area contributed by atoms with Crippen molar-refractivity contribution < 1.29 is 13.9 Å². The first-order chi connectivity index (χ1) is 11.0. The van der Waals surface area contributed by atoms with Gasteiger partial charge in [0.25, 0.3) is 0 Å². The van der Waals surface area contributed by atoms with Gasteiger partial charge in [-0.3, -0.25) is 0 Å². The highest BCUT2D eigenvalue weighted by Crippen LogP contribution is 2.33. The Balaban J connectivity index is 2.19. The van der Waals surface area contributed by atoms with Crippen molar-refractivity contribution in [1.82, 2.24) is 4.98 Å². The van der Waals surface area contributed by atoms with E-state index in [1.54, 1.807) is 6.07 Å². The first kappa shape index (κ1) is 16.1. The lowest BCUT2D eigenvalue weighted by Gasteiger charge is -2.04. The van der Waals surface area contributed by atoms with Gasteiger partial charge in [-0.1, -0.05) is 22.0 Å². The van der Waals surface area contributed by atoms with Crippen LogP contribution in [0.5, 0.6) is 0 Å². The predicted molar refractivity (Wildman–Crippen MR) is 95.0 cm³/mol. The molecule has 1 heterocycles. The number of halogens is 1. The normalized spacial score (nSPS) is 11.0. The second-order valence-electron chi connectivity index (χ2n) is 4.94. The van der Waals surface area contributed by atoms with Crippen LogP contribution in [0.15, 0.2) is 44.1 Å². The van der Waals surface area contributed by atoms with E-state index in [-0.39, 0.29) is 5.97 Å². The van der Waals surface area contributed by atoms with Crippen molar-refractivity contribution in [2.24, 2.45) is 0 Å². The van der Waals surface area contributed by atoms with Gasteiger partial charge in [0.05, 0.1) is 12.7 Å². The number of carbonyl (C=O) groups excluding carboxylic acids is 1. The maximum absolute atomic E-state index is 11.9. The maximum atomic E-state index is 11.9. The summed E-state index contributed by atoms with van der Waals surface area (Å²) in [4.78, 5) is 17.2. The first-order valence-electron chi connectivity index (χ1n) is 6.87. The molecule has 0 atom stereocenters. The van der Waals surface area contributed by atoms with Gasteiger partial charge in [-0.25, -0.2) is 9.78 Å². The Labute approximate surface area is 146 Å². The lowest BCUT2D eigenvalue weighted by Crippen LogP contribution is -2.02. The summed E-state index contributed by atoms with van der Waals surface area (Å²) in [6, 6.07) is 9.42. The molecule has 0 N–H and O–H groups in total. The van der Waals surface area contributed by atoms with Gasteiger partial charge in [0.1, 0.15) is 5.52 Å². The number of rotatable bonds is 3. The van der Waals surface area contributed by atoms with Crippen LogP contribution in [-0.4, -0.2) is 24.3 Å². The summed E-state index contributed by atoms with van der Waals surface area (Å²) in [7, 11) is 1.37. The first-order valence-corrected chi connectivity index (χ1v) is 8.89. The number of methoxy groups -OCH3 is 1. The number of ether oxygens (including phenoxy) is 1. The summed E-state index contributed by atoms with van der Waals surface area (Å²) in [5.74, 6) is 0.160. The van der Waals surface area contributed by atoms with Crippen molar-refractivity contribution in [2.75, 3.05) is 13.4 Å². The monoisotopic (exact) mass is 391 g/mol. The van der Waals surface area contributed by atoms with Crippen LogP contribution in [0.2, 0.25) is 0 Å². The third-order valence-corrected chi connectivity index (χ3v) is 5.25. The lowest BCUT2D eigenvalue weighted by atomic mass is 10.1. The Morgan fingerprint density at radius 2 is 2.13 bits per heavy atom. The molecular weight excluding hydrogens is 378 g/mol. The average Bonchev–Trinajstić information content (AvgIpc) is 2.97. The van der Waals surface area contributed by atoms with Crippen LogP contribution in [0.4, 0.5) is 0 Å². The Morgan fingerprint density at radius 3 is 2.83 bits per heavy atom.